The second-order valence-electron chi connectivity index (χ2n) is 11.0. The Morgan fingerprint density at radius 2 is 0.712 bits per heavy atom. The minimum absolute atomic E-state index is 0.191. The van der Waals surface area contributed by atoms with Crippen LogP contribution >= 0.6 is 0 Å². The molecule has 0 aromatic heterocycles. The number of rotatable bonds is 37. The lowest BCUT2D eigenvalue weighted by Crippen LogP contribution is -2.33. The summed E-state index contributed by atoms with van der Waals surface area (Å²) in [6.07, 6.45) is 0. The van der Waals surface area contributed by atoms with Crippen molar-refractivity contribution in [1.29, 1.82) is 0 Å². The zero-order chi connectivity index (χ0) is 37.3. The van der Waals surface area contributed by atoms with E-state index in [4.69, 9.17) is 56.8 Å². The van der Waals surface area contributed by atoms with Crippen molar-refractivity contribution in [3.8, 4) is 0 Å². The monoisotopic (exact) mass is 743 g/mol. The maximum atomic E-state index is 12.3. The lowest BCUT2D eigenvalue weighted by molar-refractivity contribution is -0.140. The van der Waals surface area contributed by atoms with Crippen LogP contribution < -0.4 is 0 Å². The third kappa shape index (κ3) is 22.3. The Hall–Kier alpha value is -2.87. The van der Waals surface area contributed by atoms with Gasteiger partial charge < -0.3 is 56.8 Å². The van der Waals surface area contributed by atoms with Gasteiger partial charge in [-0.05, 0) is 19.1 Å². The van der Waals surface area contributed by atoms with Gasteiger partial charge in [0.2, 0.25) is 0 Å². The molecule has 0 atom stereocenters. The first-order chi connectivity index (χ1) is 25.5. The van der Waals surface area contributed by atoms with Gasteiger partial charge in [0.05, 0.1) is 163 Å². The largest absolute Gasteiger partial charge is 0.460 e. The molecule has 0 fully saturated rings. The molecule has 52 heavy (non-hydrogen) atoms. The zero-order valence-corrected chi connectivity index (χ0v) is 30.6. The second kappa shape index (κ2) is 31.6. The molecule has 1 aliphatic heterocycles. The van der Waals surface area contributed by atoms with Crippen molar-refractivity contribution in [3.05, 3.63) is 47.5 Å². The Morgan fingerprint density at radius 1 is 0.462 bits per heavy atom. The molecule has 0 aliphatic carbocycles. The summed E-state index contributed by atoms with van der Waals surface area (Å²) in [7, 11) is 0. The number of imide groups is 1. The summed E-state index contributed by atoms with van der Waals surface area (Å²) in [5, 5.41) is 0. The van der Waals surface area contributed by atoms with Crippen LogP contribution in [0.15, 0.2) is 36.4 Å². The van der Waals surface area contributed by atoms with Crippen LogP contribution in [0.25, 0.3) is 0 Å². The highest BCUT2D eigenvalue weighted by atomic mass is 16.6. The number of esters is 1. The van der Waals surface area contributed by atoms with Crippen LogP contribution in [0, 0.1) is 0 Å². The van der Waals surface area contributed by atoms with E-state index >= 15 is 0 Å². The van der Waals surface area contributed by atoms with Gasteiger partial charge in [0, 0.05) is 5.57 Å². The normalized spacial score (nSPS) is 12.5. The predicted octanol–water partition coefficient (Wildman–Crippen LogP) is 1.58. The molecule has 2 amide bonds. The van der Waals surface area contributed by atoms with Crippen molar-refractivity contribution in [3.63, 3.8) is 0 Å². The number of ether oxygens (including phenoxy) is 12. The molecule has 0 saturated carbocycles. The van der Waals surface area contributed by atoms with Crippen LogP contribution in [0.4, 0.5) is 0 Å². The summed E-state index contributed by atoms with van der Waals surface area (Å²) >= 11 is 0. The van der Waals surface area contributed by atoms with Crippen molar-refractivity contribution >= 4 is 17.8 Å². The number of nitrogens with zero attached hydrogens (tertiary/aromatic N) is 1. The summed E-state index contributed by atoms with van der Waals surface area (Å²) in [6.45, 7) is 15.1. The van der Waals surface area contributed by atoms with E-state index in [1.807, 2.05) is 0 Å². The van der Waals surface area contributed by atoms with E-state index < -0.39 is 5.97 Å². The van der Waals surface area contributed by atoms with Crippen LogP contribution in [0.5, 0.6) is 0 Å². The zero-order valence-electron chi connectivity index (χ0n) is 30.6. The van der Waals surface area contributed by atoms with Gasteiger partial charge in [-0.25, -0.2) is 4.79 Å². The molecule has 1 heterocycles. The highest BCUT2D eigenvalue weighted by Crippen LogP contribution is 2.21. The van der Waals surface area contributed by atoms with E-state index in [1.54, 1.807) is 31.2 Å². The van der Waals surface area contributed by atoms with Gasteiger partial charge in [0.25, 0.3) is 11.8 Å². The first-order valence-corrected chi connectivity index (χ1v) is 17.7. The van der Waals surface area contributed by atoms with Crippen molar-refractivity contribution < 1.29 is 71.2 Å². The number of carbonyl (C=O) groups excluding carboxylic acids is 3. The molecule has 0 spiro atoms. The lowest BCUT2D eigenvalue weighted by Gasteiger charge is -2.13. The molecular weight excluding hydrogens is 686 g/mol. The number of fused-ring (bicyclic) bond motifs is 1. The summed E-state index contributed by atoms with van der Waals surface area (Å²) in [5.41, 5.74) is 1.24. The molecule has 1 aromatic carbocycles. The third-order valence-corrected chi connectivity index (χ3v) is 6.87. The van der Waals surface area contributed by atoms with Crippen molar-refractivity contribution in [2.75, 3.05) is 159 Å². The van der Waals surface area contributed by atoms with Crippen LogP contribution in [0.1, 0.15) is 27.6 Å². The fourth-order valence-electron chi connectivity index (χ4n) is 4.22. The predicted molar refractivity (Wildman–Crippen MR) is 187 cm³/mol. The average molecular weight is 744 g/mol. The maximum absolute atomic E-state index is 12.3. The average Bonchev–Trinajstić information content (AvgIpc) is 3.39. The highest BCUT2D eigenvalue weighted by Gasteiger charge is 2.34. The summed E-state index contributed by atoms with van der Waals surface area (Å²) in [6, 6.07) is 6.80. The van der Waals surface area contributed by atoms with E-state index in [0.29, 0.717) is 155 Å². The van der Waals surface area contributed by atoms with Gasteiger partial charge in [0.1, 0.15) is 6.61 Å². The van der Waals surface area contributed by atoms with E-state index in [0.717, 1.165) is 0 Å². The molecular formula is C36H57NO15. The Balaban J connectivity index is 1.16. The Kier molecular flexibility index (Phi) is 27.6. The quantitative estimate of drug-likeness (QED) is 0.0417. The highest BCUT2D eigenvalue weighted by molar-refractivity contribution is 6.21. The van der Waals surface area contributed by atoms with Gasteiger partial charge in [-0.15, -0.1) is 0 Å². The molecule has 0 saturated heterocycles. The standard InChI is InChI=1S/C36H57NO15/c1-31(2)36(40)52-30-29-51-28-27-50-26-25-49-24-23-48-22-21-47-20-19-46-18-17-45-16-15-44-14-13-43-12-11-42-10-9-41-8-7-37-34(38)32-5-3-4-6-33(32)35(37)39/h3-6H,1,7-30H2,2H3. The van der Waals surface area contributed by atoms with Gasteiger partial charge in [0.15, 0.2) is 0 Å². The van der Waals surface area contributed by atoms with E-state index in [-0.39, 0.29) is 31.6 Å². The molecule has 2 rings (SSSR count). The van der Waals surface area contributed by atoms with Gasteiger partial charge >= 0.3 is 5.97 Å². The van der Waals surface area contributed by atoms with Crippen molar-refractivity contribution in [2.24, 2.45) is 0 Å². The topological polar surface area (TPSA) is 165 Å². The van der Waals surface area contributed by atoms with Crippen molar-refractivity contribution in [2.45, 2.75) is 6.92 Å². The fourth-order valence-corrected chi connectivity index (χ4v) is 4.22. The first-order valence-electron chi connectivity index (χ1n) is 17.7. The molecule has 1 aromatic rings. The smallest absolute Gasteiger partial charge is 0.333 e. The summed E-state index contributed by atoms with van der Waals surface area (Å²) < 4.78 is 64.8. The SMILES string of the molecule is C=C(C)C(=O)OCCOCCOCCOCCOCCOCCOCCOCCOCCOCCOCCOCCN1C(=O)c2ccccc2C1=O. The van der Waals surface area contributed by atoms with E-state index in [1.165, 1.54) is 4.90 Å². The Morgan fingerprint density at radius 3 is 0.981 bits per heavy atom. The van der Waals surface area contributed by atoms with E-state index in [2.05, 4.69) is 6.58 Å². The molecule has 1 aliphatic rings. The number of carbonyl (C=O) groups is 3. The van der Waals surface area contributed by atoms with Gasteiger partial charge in [-0.2, -0.15) is 0 Å². The number of hydrogen-bond acceptors (Lipinski definition) is 15. The van der Waals surface area contributed by atoms with Crippen molar-refractivity contribution in [1.82, 2.24) is 4.90 Å². The first kappa shape index (κ1) is 45.3. The molecule has 0 radical (unpaired) electrons. The minimum atomic E-state index is -0.419. The molecule has 296 valence electrons. The van der Waals surface area contributed by atoms with Gasteiger partial charge in [-0.1, -0.05) is 18.7 Å². The molecule has 0 bridgehead atoms. The molecule has 16 nitrogen and oxygen atoms in total. The maximum Gasteiger partial charge on any atom is 0.333 e. The summed E-state index contributed by atoms with van der Waals surface area (Å²) in [4.78, 5) is 37.0. The Labute approximate surface area is 306 Å². The van der Waals surface area contributed by atoms with Crippen LogP contribution in [0.3, 0.4) is 0 Å². The fraction of sp³-hybridized carbons (Fsp3) is 0.694. The van der Waals surface area contributed by atoms with Crippen LogP contribution in [-0.4, -0.2) is 181 Å². The van der Waals surface area contributed by atoms with Crippen LogP contribution in [-0.2, 0) is 61.6 Å². The van der Waals surface area contributed by atoms with Crippen LogP contribution in [0.2, 0.25) is 0 Å². The summed E-state index contributed by atoms with van der Waals surface area (Å²) in [5.74, 6) is -0.983. The van der Waals surface area contributed by atoms with E-state index in [9.17, 15) is 14.4 Å². The second-order valence-corrected chi connectivity index (χ2v) is 11.0. The molecule has 0 unspecified atom stereocenters. The molecule has 0 N–H and O–H groups in total. The number of benzene rings is 1. The molecule has 16 heteroatoms. The lowest BCUT2D eigenvalue weighted by atomic mass is 10.1. The Bertz CT molecular complexity index is 1070. The van der Waals surface area contributed by atoms with Gasteiger partial charge in [-0.3, -0.25) is 14.5 Å². The third-order valence-electron chi connectivity index (χ3n) is 6.87. The number of amides is 2. The number of hydrogen-bond donors (Lipinski definition) is 0. The minimum Gasteiger partial charge on any atom is -0.460 e.